The molecule has 0 bridgehead atoms. The molecule has 0 spiro atoms. The number of carboxylic acids is 1. The standard InChI is InChI=1S/C4H8N2.C2H4O2.Na/c1-6-3-2-5-4-6;1-2(3)4;/h4H,2-3H2,1H3;1H3,(H,3,4);/q;;+1/p-1. The summed E-state index contributed by atoms with van der Waals surface area (Å²) in [7, 11) is 2.02. The van der Waals surface area contributed by atoms with E-state index >= 15 is 0 Å². The first kappa shape index (κ1) is 13.5. The van der Waals surface area contributed by atoms with E-state index < -0.39 is 5.97 Å². The molecule has 1 rings (SSSR count). The van der Waals surface area contributed by atoms with Crippen LogP contribution in [-0.2, 0) is 4.79 Å². The Balaban J connectivity index is 0. The maximum absolute atomic E-state index is 8.89. The van der Waals surface area contributed by atoms with E-state index in [-0.39, 0.29) is 29.6 Å². The SMILES string of the molecule is CC(=O)[O-].CN1C=NCC1.[Na+]. The predicted octanol–water partition coefficient (Wildman–Crippen LogP) is -4.28. The van der Waals surface area contributed by atoms with Crippen LogP contribution in [0.5, 0.6) is 0 Å². The second kappa shape index (κ2) is 8.04. The van der Waals surface area contributed by atoms with Gasteiger partial charge in [-0.3, -0.25) is 4.99 Å². The summed E-state index contributed by atoms with van der Waals surface area (Å²) in [4.78, 5) is 14.9. The second-order valence-electron chi connectivity index (χ2n) is 1.99. The monoisotopic (exact) mass is 166 g/mol. The predicted molar refractivity (Wildman–Crippen MR) is 36.7 cm³/mol. The summed E-state index contributed by atoms with van der Waals surface area (Å²) < 4.78 is 0. The van der Waals surface area contributed by atoms with E-state index in [9.17, 15) is 0 Å². The molecular weight excluding hydrogens is 155 g/mol. The molecule has 1 aliphatic heterocycles. The number of carbonyl (C=O) groups is 1. The van der Waals surface area contributed by atoms with Gasteiger partial charge >= 0.3 is 29.6 Å². The van der Waals surface area contributed by atoms with Gasteiger partial charge in [0, 0.05) is 19.6 Å². The number of aliphatic imine (C=N–C) groups is 1. The van der Waals surface area contributed by atoms with Crippen LogP contribution >= 0.6 is 0 Å². The van der Waals surface area contributed by atoms with Crippen molar-refractivity contribution in [3.63, 3.8) is 0 Å². The average Bonchev–Trinajstić information content (AvgIpc) is 2.15. The van der Waals surface area contributed by atoms with Crippen LogP contribution in [0.15, 0.2) is 4.99 Å². The minimum Gasteiger partial charge on any atom is -0.550 e. The van der Waals surface area contributed by atoms with Crippen molar-refractivity contribution in [1.82, 2.24) is 4.90 Å². The van der Waals surface area contributed by atoms with Crippen LogP contribution in [0.3, 0.4) is 0 Å². The zero-order valence-electron chi connectivity index (χ0n) is 7.20. The Labute approximate surface area is 88.6 Å². The van der Waals surface area contributed by atoms with E-state index in [0.29, 0.717) is 0 Å². The zero-order valence-corrected chi connectivity index (χ0v) is 9.20. The molecule has 0 unspecified atom stereocenters. The number of carboxylic acid groups (broad SMARTS) is 1. The zero-order chi connectivity index (χ0) is 7.98. The number of hydrogen-bond acceptors (Lipinski definition) is 4. The smallest absolute Gasteiger partial charge is 0.550 e. The summed E-state index contributed by atoms with van der Waals surface area (Å²) in [6.45, 7) is 3.05. The third-order valence-corrected chi connectivity index (χ3v) is 0.861. The topological polar surface area (TPSA) is 55.7 Å². The third-order valence-electron chi connectivity index (χ3n) is 0.861. The molecule has 0 aromatic heterocycles. The van der Waals surface area contributed by atoms with Gasteiger partial charge in [0.2, 0.25) is 0 Å². The summed E-state index contributed by atoms with van der Waals surface area (Å²) >= 11 is 0. The van der Waals surface area contributed by atoms with Crippen LogP contribution in [0.4, 0.5) is 0 Å². The molecule has 0 fully saturated rings. The van der Waals surface area contributed by atoms with Crippen molar-refractivity contribution in [2.45, 2.75) is 6.92 Å². The Hall–Kier alpha value is -0.0600. The fourth-order valence-electron chi connectivity index (χ4n) is 0.470. The van der Waals surface area contributed by atoms with Gasteiger partial charge in [-0.05, 0) is 6.92 Å². The maximum Gasteiger partial charge on any atom is 1.00 e. The molecule has 0 N–H and O–H groups in total. The molecule has 0 aromatic rings. The van der Waals surface area contributed by atoms with Crippen LogP contribution in [0.1, 0.15) is 6.92 Å². The summed E-state index contributed by atoms with van der Waals surface area (Å²) in [5.74, 6) is -1.08. The molecule has 11 heavy (non-hydrogen) atoms. The van der Waals surface area contributed by atoms with E-state index in [2.05, 4.69) is 9.89 Å². The van der Waals surface area contributed by atoms with Crippen molar-refractivity contribution >= 4 is 12.3 Å². The van der Waals surface area contributed by atoms with Crippen LogP contribution < -0.4 is 34.7 Å². The van der Waals surface area contributed by atoms with Crippen molar-refractivity contribution in [1.29, 1.82) is 0 Å². The fourth-order valence-corrected chi connectivity index (χ4v) is 0.470. The normalized spacial score (nSPS) is 13.1. The van der Waals surface area contributed by atoms with Gasteiger partial charge in [-0.1, -0.05) is 0 Å². The molecule has 1 aliphatic rings. The second-order valence-corrected chi connectivity index (χ2v) is 1.99. The molecule has 0 saturated heterocycles. The first-order valence-corrected chi connectivity index (χ1v) is 3.00. The molecule has 58 valence electrons. The number of likely N-dealkylation sites (N-methyl/N-ethyl adjacent to an activating group) is 1. The van der Waals surface area contributed by atoms with Gasteiger partial charge in [0.15, 0.2) is 0 Å². The number of nitrogens with zero attached hydrogens (tertiary/aromatic N) is 2. The largest absolute Gasteiger partial charge is 1.00 e. The van der Waals surface area contributed by atoms with Crippen LogP contribution in [0.25, 0.3) is 0 Å². The van der Waals surface area contributed by atoms with Gasteiger partial charge in [-0.2, -0.15) is 0 Å². The van der Waals surface area contributed by atoms with Crippen LogP contribution in [0.2, 0.25) is 0 Å². The number of aliphatic carboxylic acids is 1. The van der Waals surface area contributed by atoms with Gasteiger partial charge in [0.1, 0.15) is 0 Å². The van der Waals surface area contributed by atoms with E-state index in [1.54, 1.807) is 0 Å². The van der Waals surface area contributed by atoms with Gasteiger partial charge in [0.25, 0.3) is 0 Å². The fraction of sp³-hybridized carbons (Fsp3) is 0.667. The van der Waals surface area contributed by atoms with Gasteiger partial charge < -0.3 is 14.8 Å². The summed E-state index contributed by atoms with van der Waals surface area (Å²) in [5.41, 5.74) is 0. The first-order chi connectivity index (χ1) is 4.63. The Morgan fingerprint density at radius 2 is 2.18 bits per heavy atom. The van der Waals surface area contributed by atoms with E-state index in [4.69, 9.17) is 9.90 Å². The summed E-state index contributed by atoms with van der Waals surface area (Å²) in [6, 6.07) is 0. The average molecular weight is 166 g/mol. The van der Waals surface area contributed by atoms with Crippen molar-refractivity contribution in [2.24, 2.45) is 4.99 Å². The first-order valence-electron chi connectivity index (χ1n) is 3.00. The molecule has 4 nitrogen and oxygen atoms in total. The van der Waals surface area contributed by atoms with Gasteiger partial charge in [0.05, 0.1) is 12.9 Å². The molecule has 1 heterocycles. The van der Waals surface area contributed by atoms with Crippen molar-refractivity contribution < 1.29 is 39.5 Å². The van der Waals surface area contributed by atoms with Crippen molar-refractivity contribution in [3.8, 4) is 0 Å². The Morgan fingerprint density at radius 1 is 1.73 bits per heavy atom. The maximum atomic E-state index is 8.89. The summed E-state index contributed by atoms with van der Waals surface area (Å²) in [5, 5.41) is 8.89. The number of rotatable bonds is 0. The molecule has 0 aromatic carbocycles. The van der Waals surface area contributed by atoms with E-state index in [1.165, 1.54) is 0 Å². The minimum atomic E-state index is -1.08. The van der Waals surface area contributed by atoms with Crippen LogP contribution in [-0.4, -0.2) is 37.3 Å². The van der Waals surface area contributed by atoms with E-state index in [1.807, 2.05) is 13.4 Å². The van der Waals surface area contributed by atoms with Crippen molar-refractivity contribution in [3.05, 3.63) is 0 Å². The Kier molecular flexibility index (Phi) is 9.89. The van der Waals surface area contributed by atoms with Gasteiger partial charge in [-0.15, -0.1) is 0 Å². The minimum absolute atomic E-state index is 0. The molecule has 0 amide bonds. The van der Waals surface area contributed by atoms with E-state index in [0.717, 1.165) is 20.0 Å². The molecule has 0 saturated carbocycles. The Morgan fingerprint density at radius 3 is 2.27 bits per heavy atom. The van der Waals surface area contributed by atoms with Crippen molar-refractivity contribution in [2.75, 3.05) is 20.1 Å². The molecule has 0 radical (unpaired) electrons. The third kappa shape index (κ3) is 13.0. The Bertz CT molecular complexity index is 135. The molecule has 5 heteroatoms. The number of carbonyl (C=O) groups excluding carboxylic acids is 1. The molecule has 0 atom stereocenters. The summed E-state index contributed by atoms with van der Waals surface area (Å²) in [6.07, 6.45) is 1.86. The molecule has 0 aliphatic carbocycles. The quantitative estimate of drug-likeness (QED) is 0.342. The number of hydrogen-bond donors (Lipinski definition) is 0. The van der Waals surface area contributed by atoms with Crippen LogP contribution in [0, 0.1) is 0 Å². The van der Waals surface area contributed by atoms with Gasteiger partial charge in [-0.25, -0.2) is 0 Å². The molecular formula is C6H11N2NaO2.